The number of hydrogen-bond donors (Lipinski definition) is 1. The monoisotopic (exact) mass is 400 g/mol. The van der Waals surface area contributed by atoms with E-state index in [1.165, 1.54) is 13.0 Å². The lowest BCUT2D eigenvalue weighted by Crippen LogP contribution is -2.37. The van der Waals surface area contributed by atoms with Gasteiger partial charge in [0.1, 0.15) is 18.8 Å². The number of ether oxygens (including phenoxy) is 3. The summed E-state index contributed by atoms with van der Waals surface area (Å²) in [5, 5.41) is 14.0. The summed E-state index contributed by atoms with van der Waals surface area (Å²) in [5.41, 5.74) is 0.281. The Morgan fingerprint density at radius 2 is 1.83 bits per heavy atom. The molecule has 1 aliphatic rings. The fraction of sp³-hybridized carbons (Fsp3) is 0.300. The lowest BCUT2D eigenvalue weighted by Gasteiger charge is -2.19. The van der Waals surface area contributed by atoms with Gasteiger partial charge in [-0.3, -0.25) is 14.9 Å². The van der Waals surface area contributed by atoms with Crippen LogP contribution in [0.25, 0.3) is 0 Å². The highest BCUT2D eigenvalue weighted by molar-refractivity contribution is 5.96. The maximum Gasteiger partial charge on any atom is 0.346 e. The number of nitrogens with one attached hydrogen (secondary N) is 1. The van der Waals surface area contributed by atoms with Crippen molar-refractivity contribution in [1.29, 1.82) is 0 Å². The SMILES string of the molecule is C[C@H](OC(=O)c1cc2c(cc1[N+](=O)[O-])OCCO2)C(=O)NCCc1ccccc1. The average Bonchev–Trinajstić information content (AvgIpc) is 2.73. The minimum absolute atomic E-state index is 0.186. The van der Waals surface area contributed by atoms with Gasteiger partial charge in [0, 0.05) is 12.6 Å². The number of nitro groups is 1. The molecule has 9 heteroatoms. The van der Waals surface area contributed by atoms with E-state index in [1.807, 2.05) is 30.3 Å². The lowest BCUT2D eigenvalue weighted by atomic mass is 10.1. The summed E-state index contributed by atoms with van der Waals surface area (Å²) in [4.78, 5) is 35.3. The van der Waals surface area contributed by atoms with Crippen molar-refractivity contribution in [3.8, 4) is 11.5 Å². The maximum absolute atomic E-state index is 12.5. The smallest absolute Gasteiger partial charge is 0.346 e. The third-order valence-electron chi connectivity index (χ3n) is 4.29. The summed E-state index contributed by atoms with van der Waals surface area (Å²) in [7, 11) is 0. The Kier molecular flexibility index (Phi) is 6.28. The van der Waals surface area contributed by atoms with Crippen LogP contribution in [-0.2, 0) is 16.0 Å². The highest BCUT2D eigenvalue weighted by Gasteiger charge is 2.29. The van der Waals surface area contributed by atoms with E-state index in [4.69, 9.17) is 14.2 Å². The minimum Gasteiger partial charge on any atom is -0.486 e. The predicted molar refractivity (Wildman–Crippen MR) is 102 cm³/mol. The molecule has 2 aromatic carbocycles. The third-order valence-corrected chi connectivity index (χ3v) is 4.29. The van der Waals surface area contributed by atoms with Gasteiger partial charge in [0.15, 0.2) is 17.6 Å². The van der Waals surface area contributed by atoms with Gasteiger partial charge in [-0.25, -0.2) is 4.79 Å². The summed E-state index contributed by atoms with van der Waals surface area (Å²) < 4.78 is 15.8. The molecule has 2 aromatic rings. The summed E-state index contributed by atoms with van der Waals surface area (Å²) in [6.45, 7) is 2.29. The molecule has 1 amide bonds. The van der Waals surface area contributed by atoms with Crippen LogP contribution in [0.3, 0.4) is 0 Å². The molecule has 1 heterocycles. The zero-order valence-electron chi connectivity index (χ0n) is 15.8. The number of benzene rings is 2. The van der Waals surface area contributed by atoms with E-state index >= 15 is 0 Å². The molecule has 1 N–H and O–H groups in total. The van der Waals surface area contributed by atoms with Gasteiger partial charge < -0.3 is 19.5 Å². The summed E-state index contributed by atoms with van der Waals surface area (Å²) in [6, 6.07) is 11.9. The van der Waals surface area contributed by atoms with E-state index in [9.17, 15) is 19.7 Å². The molecule has 0 aliphatic carbocycles. The van der Waals surface area contributed by atoms with Crippen molar-refractivity contribution in [3.63, 3.8) is 0 Å². The van der Waals surface area contributed by atoms with E-state index in [2.05, 4.69) is 5.32 Å². The largest absolute Gasteiger partial charge is 0.486 e. The Hall–Kier alpha value is -3.62. The quantitative estimate of drug-likeness (QED) is 0.430. The third kappa shape index (κ3) is 5.01. The molecule has 0 radical (unpaired) electrons. The molecule has 9 nitrogen and oxygen atoms in total. The molecule has 0 saturated heterocycles. The van der Waals surface area contributed by atoms with Crippen LogP contribution in [0.1, 0.15) is 22.8 Å². The van der Waals surface area contributed by atoms with Crippen molar-refractivity contribution in [2.24, 2.45) is 0 Å². The van der Waals surface area contributed by atoms with Crippen molar-refractivity contribution >= 4 is 17.6 Å². The number of rotatable bonds is 7. The van der Waals surface area contributed by atoms with Gasteiger partial charge in [0.25, 0.3) is 11.6 Å². The zero-order valence-corrected chi connectivity index (χ0v) is 15.8. The number of esters is 1. The van der Waals surface area contributed by atoms with Crippen molar-refractivity contribution in [2.75, 3.05) is 19.8 Å². The van der Waals surface area contributed by atoms with Gasteiger partial charge in [-0.15, -0.1) is 0 Å². The Morgan fingerprint density at radius 1 is 1.17 bits per heavy atom. The normalized spacial score (nSPS) is 13.3. The number of fused-ring (bicyclic) bond motifs is 1. The second-order valence-corrected chi connectivity index (χ2v) is 6.34. The number of carbonyl (C=O) groups excluding carboxylic acids is 2. The number of hydrogen-bond acceptors (Lipinski definition) is 7. The average molecular weight is 400 g/mol. The van der Waals surface area contributed by atoms with Gasteiger partial charge >= 0.3 is 5.97 Å². The van der Waals surface area contributed by atoms with Crippen LogP contribution in [0.2, 0.25) is 0 Å². The van der Waals surface area contributed by atoms with E-state index in [1.54, 1.807) is 0 Å². The second kappa shape index (κ2) is 9.05. The fourth-order valence-electron chi connectivity index (χ4n) is 2.79. The molecule has 1 aliphatic heterocycles. The van der Waals surface area contributed by atoms with Crippen LogP contribution in [-0.4, -0.2) is 42.7 Å². The molecule has 0 saturated carbocycles. The van der Waals surface area contributed by atoms with Gasteiger partial charge in [-0.05, 0) is 18.9 Å². The van der Waals surface area contributed by atoms with Crippen molar-refractivity contribution in [3.05, 3.63) is 63.7 Å². The van der Waals surface area contributed by atoms with E-state index in [-0.39, 0.29) is 30.3 Å². The number of nitrogens with zero attached hydrogens (tertiary/aromatic N) is 1. The van der Waals surface area contributed by atoms with Crippen molar-refractivity contribution in [1.82, 2.24) is 5.32 Å². The Balaban J connectivity index is 1.62. The van der Waals surface area contributed by atoms with Gasteiger partial charge in [0.05, 0.1) is 11.0 Å². The molecule has 3 rings (SSSR count). The second-order valence-electron chi connectivity index (χ2n) is 6.34. The van der Waals surface area contributed by atoms with Crippen LogP contribution in [0, 0.1) is 10.1 Å². The molecule has 0 bridgehead atoms. The van der Waals surface area contributed by atoms with Crippen LogP contribution in [0.5, 0.6) is 11.5 Å². The van der Waals surface area contributed by atoms with Gasteiger partial charge in [-0.1, -0.05) is 30.3 Å². The van der Waals surface area contributed by atoms with Crippen molar-refractivity contribution in [2.45, 2.75) is 19.4 Å². The summed E-state index contributed by atoms with van der Waals surface area (Å²) in [5.74, 6) is -1.08. The van der Waals surface area contributed by atoms with Crippen LogP contribution < -0.4 is 14.8 Å². The molecular weight excluding hydrogens is 380 g/mol. The molecule has 0 unspecified atom stereocenters. The standard InChI is InChI=1S/C20H20N2O7/c1-13(19(23)21-8-7-14-5-3-2-4-6-14)29-20(24)15-11-17-18(28-10-9-27-17)12-16(15)22(25)26/h2-6,11-13H,7-10H2,1H3,(H,21,23)/t13-/m0/s1. The van der Waals surface area contributed by atoms with Gasteiger partial charge in [-0.2, -0.15) is 0 Å². The molecule has 1 atom stereocenters. The van der Waals surface area contributed by atoms with Crippen LogP contribution >= 0.6 is 0 Å². The highest BCUT2D eigenvalue weighted by atomic mass is 16.6. The predicted octanol–water partition coefficient (Wildman–Crippen LogP) is 2.27. The van der Waals surface area contributed by atoms with Crippen LogP contribution in [0.4, 0.5) is 5.69 Å². The Morgan fingerprint density at radius 3 is 2.48 bits per heavy atom. The first-order valence-electron chi connectivity index (χ1n) is 9.06. The molecule has 29 heavy (non-hydrogen) atoms. The Labute approximate surface area is 166 Å². The number of nitro benzene ring substituents is 1. The molecule has 0 aromatic heterocycles. The summed E-state index contributed by atoms with van der Waals surface area (Å²) in [6.07, 6.45) is -0.493. The minimum atomic E-state index is -1.12. The lowest BCUT2D eigenvalue weighted by molar-refractivity contribution is -0.385. The molecule has 152 valence electrons. The fourth-order valence-corrected chi connectivity index (χ4v) is 2.79. The number of carbonyl (C=O) groups is 2. The highest BCUT2D eigenvalue weighted by Crippen LogP contribution is 2.37. The number of amides is 1. The molecule has 0 spiro atoms. The summed E-state index contributed by atoms with van der Waals surface area (Å²) >= 11 is 0. The van der Waals surface area contributed by atoms with E-state index in [0.717, 1.165) is 11.6 Å². The zero-order chi connectivity index (χ0) is 20.8. The maximum atomic E-state index is 12.5. The molecular formula is C20H20N2O7. The molecule has 0 fully saturated rings. The van der Waals surface area contributed by atoms with E-state index < -0.39 is 28.6 Å². The Bertz CT molecular complexity index is 915. The van der Waals surface area contributed by atoms with Crippen LogP contribution in [0.15, 0.2) is 42.5 Å². The first-order valence-corrected chi connectivity index (χ1v) is 9.06. The first-order chi connectivity index (χ1) is 14.0. The topological polar surface area (TPSA) is 117 Å². The van der Waals surface area contributed by atoms with Crippen molar-refractivity contribution < 1.29 is 28.7 Å². The first kappa shape index (κ1) is 20.1. The van der Waals surface area contributed by atoms with Gasteiger partial charge in [0.2, 0.25) is 0 Å². The van der Waals surface area contributed by atoms with E-state index in [0.29, 0.717) is 13.0 Å².